The van der Waals surface area contributed by atoms with Gasteiger partial charge in [-0.2, -0.15) is 0 Å². The molecule has 130 valence electrons. The molecule has 1 atom stereocenters. The lowest BCUT2D eigenvalue weighted by molar-refractivity contribution is 0.248. The van der Waals surface area contributed by atoms with Crippen LogP contribution in [0.4, 0.5) is 10.5 Å². The highest BCUT2D eigenvalue weighted by molar-refractivity contribution is 9.10. The minimum atomic E-state index is -0.221. The van der Waals surface area contributed by atoms with Crippen LogP contribution in [-0.4, -0.2) is 26.3 Å². The van der Waals surface area contributed by atoms with Crippen molar-refractivity contribution in [2.24, 2.45) is 0 Å². The zero-order valence-corrected chi connectivity index (χ0v) is 16.0. The summed E-state index contributed by atoms with van der Waals surface area (Å²) in [6, 6.07) is 3.42. The van der Waals surface area contributed by atoms with Gasteiger partial charge in [0.2, 0.25) is 0 Å². The van der Waals surface area contributed by atoms with Gasteiger partial charge in [-0.1, -0.05) is 32.6 Å². The molecule has 1 aromatic rings. The molecule has 2 amide bonds. The number of methoxy groups -OCH3 is 2. The summed E-state index contributed by atoms with van der Waals surface area (Å²) in [5.74, 6) is 1.17. The molecule has 0 aliphatic carbocycles. The van der Waals surface area contributed by atoms with Gasteiger partial charge in [-0.15, -0.1) is 0 Å². The number of hydrogen-bond acceptors (Lipinski definition) is 3. The first-order valence-corrected chi connectivity index (χ1v) is 8.80. The van der Waals surface area contributed by atoms with E-state index in [1.807, 2.05) is 6.92 Å². The number of hydrogen-bond donors (Lipinski definition) is 2. The van der Waals surface area contributed by atoms with Crippen molar-refractivity contribution >= 4 is 27.6 Å². The third kappa shape index (κ3) is 6.69. The summed E-state index contributed by atoms with van der Waals surface area (Å²) in [5.41, 5.74) is 0.637. The summed E-state index contributed by atoms with van der Waals surface area (Å²) < 4.78 is 11.2. The lowest BCUT2D eigenvalue weighted by Gasteiger charge is -2.16. The van der Waals surface area contributed by atoms with Gasteiger partial charge in [-0.25, -0.2) is 4.79 Å². The Hall–Kier alpha value is -1.43. The quantitative estimate of drug-likeness (QED) is 0.590. The number of nitrogens with one attached hydrogen (secondary N) is 2. The second-order valence-electron chi connectivity index (χ2n) is 5.54. The number of carbonyl (C=O) groups excluding carboxylic acids is 1. The Kier molecular flexibility index (Phi) is 8.84. The molecule has 0 aliphatic heterocycles. The molecule has 23 heavy (non-hydrogen) atoms. The molecule has 2 N–H and O–H groups in total. The third-order valence-corrected chi connectivity index (χ3v) is 4.25. The monoisotopic (exact) mass is 386 g/mol. The fraction of sp³-hybridized carbons (Fsp3) is 0.588. The third-order valence-electron chi connectivity index (χ3n) is 3.59. The fourth-order valence-electron chi connectivity index (χ4n) is 2.28. The number of amides is 2. The van der Waals surface area contributed by atoms with Crippen LogP contribution < -0.4 is 20.1 Å². The van der Waals surface area contributed by atoms with Gasteiger partial charge in [0.25, 0.3) is 0 Å². The van der Waals surface area contributed by atoms with Gasteiger partial charge in [-0.3, -0.25) is 0 Å². The van der Waals surface area contributed by atoms with Crippen LogP contribution in [0.15, 0.2) is 16.6 Å². The van der Waals surface area contributed by atoms with Crippen LogP contribution in [0.1, 0.15) is 46.0 Å². The van der Waals surface area contributed by atoms with Gasteiger partial charge in [0.15, 0.2) is 11.5 Å². The molecule has 6 heteroatoms. The topological polar surface area (TPSA) is 59.6 Å². The number of halogens is 1. The van der Waals surface area contributed by atoms with Crippen LogP contribution in [0.3, 0.4) is 0 Å². The molecule has 0 spiro atoms. The maximum Gasteiger partial charge on any atom is 0.319 e. The lowest BCUT2D eigenvalue weighted by atomic mass is 10.1. The first kappa shape index (κ1) is 19.6. The van der Waals surface area contributed by atoms with Crippen LogP contribution >= 0.6 is 15.9 Å². The molecule has 1 aromatic carbocycles. The van der Waals surface area contributed by atoms with Crippen LogP contribution in [0.25, 0.3) is 0 Å². The lowest BCUT2D eigenvalue weighted by Crippen LogP contribution is -2.36. The van der Waals surface area contributed by atoms with Crippen molar-refractivity contribution in [3.8, 4) is 11.5 Å². The van der Waals surface area contributed by atoms with E-state index in [0.717, 1.165) is 17.3 Å². The summed E-state index contributed by atoms with van der Waals surface area (Å²) in [5, 5.41) is 5.79. The summed E-state index contributed by atoms with van der Waals surface area (Å²) in [4.78, 5) is 12.1. The first-order chi connectivity index (χ1) is 11.0. The van der Waals surface area contributed by atoms with E-state index in [4.69, 9.17) is 9.47 Å². The predicted octanol–water partition coefficient (Wildman–Crippen LogP) is 4.95. The predicted molar refractivity (Wildman–Crippen MR) is 97.6 cm³/mol. The van der Waals surface area contributed by atoms with Crippen LogP contribution in [-0.2, 0) is 0 Å². The van der Waals surface area contributed by atoms with E-state index in [0.29, 0.717) is 17.2 Å². The van der Waals surface area contributed by atoms with Gasteiger partial charge in [0.05, 0.1) is 19.9 Å². The Balaban J connectivity index is 2.56. The Morgan fingerprint density at radius 2 is 1.83 bits per heavy atom. The van der Waals surface area contributed by atoms with Crippen molar-refractivity contribution in [1.29, 1.82) is 0 Å². The molecule has 5 nitrogen and oxygen atoms in total. The van der Waals surface area contributed by atoms with Gasteiger partial charge >= 0.3 is 6.03 Å². The minimum absolute atomic E-state index is 0.144. The van der Waals surface area contributed by atoms with Gasteiger partial charge in [-0.05, 0) is 29.3 Å². The van der Waals surface area contributed by atoms with Crippen LogP contribution in [0.2, 0.25) is 0 Å². The Labute approximate surface area is 147 Å². The molecule has 0 aromatic heterocycles. The second-order valence-corrected chi connectivity index (χ2v) is 6.39. The summed E-state index contributed by atoms with van der Waals surface area (Å²) in [7, 11) is 3.14. The number of rotatable bonds is 9. The maximum absolute atomic E-state index is 12.1. The number of ether oxygens (including phenoxy) is 2. The number of unbranched alkanes of at least 4 members (excludes halogenated alkanes) is 3. The number of urea groups is 1. The van der Waals surface area contributed by atoms with Gasteiger partial charge in [0, 0.05) is 22.6 Å². The maximum atomic E-state index is 12.1. The van der Waals surface area contributed by atoms with Crippen molar-refractivity contribution in [1.82, 2.24) is 5.32 Å². The smallest absolute Gasteiger partial charge is 0.319 e. The summed E-state index contributed by atoms with van der Waals surface area (Å²) in [6.45, 7) is 4.21. The zero-order chi connectivity index (χ0) is 17.2. The van der Waals surface area contributed by atoms with Crippen molar-refractivity contribution in [2.45, 2.75) is 52.0 Å². The Morgan fingerprint density at radius 3 is 2.43 bits per heavy atom. The van der Waals surface area contributed by atoms with Crippen LogP contribution in [0.5, 0.6) is 11.5 Å². The standard InChI is InChI=1S/C17H27BrN2O3/c1-5-6-7-8-9-12(2)19-17(21)20-14-11-16(23-4)15(22-3)10-13(14)18/h10-12H,5-9H2,1-4H3,(H2,19,20,21). The number of carbonyl (C=O) groups is 1. The minimum Gasteiger partial charge on any atom is -0.493 e. The average molecular weight is 387 g/mol. The van der Waals surface area contributed by atoms with Crippen molar-refractivity contribution in [2.75, 3.05) is 19.5 Å². The molecule has 0 saturated carbocycles. The Bertz CT molecular complexity index is 509. The molecular weight excluding hydrogens is 360 g/mol. The van der Waals surface area contributed by atoms with E-state index >= 15 is 0 Å². The fourth-order valence-corrected chi connectivity index (χ4v) is 2.70. The van der Waals surface area contributed by atoms with E-state index < -0.39 is 0 Å². The summed E-state index contributed by atoms with van der Waals surface area (Å²) >= 11 is 3.43. The molecule has 0 bridgehead atoms. The van der Waals surface area contributed by atoms with Gasteiger partial charge < -0.3 is 20.1 Å². The van der Waals surface area contributed by atoms with E-state index in [9.17, 15) is 4.79 Å². The molecule has 0 heterocycles. The number of anilines is 1. The van der Waals surface area contributed by atoms with Crippen molar-refractivity contribution < 1.29 is 14.3 Å². The molecular formula is C17H27BrN2O3. The highest BCUT2D eigenvalue weighted by atomic mass is 79.9. The van der Waals surface area contributed by atoms with Crippen molar-refractivity contribution in [3.63, 3.8) is 0 Å². The van der Waals surface area contributed by atoms with E-state index in [1.165, 1.54) is 19.3 Å². The Morgan fingerprint density at radius 1 is 1.17 bits per heavy atom. The highest BCUT2D eigenvalue weighted by Crippen LogP contribution is 2.36. The molecule has 1 rings (SSSR count). The number of benzene rings is 1. The van der Waals surface area contributed by atoms with Crippen molar-refractivity contribution in [3.05, 3.63) is 16.6 Å². The molecule has 0 fully saturated rings. The normalized spacial score (nSPS) is 11.7. The average Bonchev–Trinajstić information content (AvgIpc) is 2.53. The molecule has 0 radical (unpaired) electrons. The van der Waals surface area contributed by atoms with Crippen LogP contribution in [0, 0.1) is 0 Å². The largest absolute Gasteiger partial charge is 0.493 e. The van der Waals surface area contributed by atoms with E-state index in [1.54, 1.807) is 26.4 Å². The zero-order valence-electron chi connectivity index (χ0n) is 14.4. The van der Waals surface area contributed by atoms with E-state index in [-0.39, 0.29) is 12.1 Å². The summed E-state index contributed by atoms with van der Waals surface area (Å²) in [6.07, 6.45) is 5.80. The van der Waals surface area contributed by atoms with E-state index in [2.05, 4.69) is 33.5 Å². The van der Waals surface area contributed by atoms with Gasteiger partial charge in [0.1, 0.15) is 0 Å². The first-order valence-electron chi connectivity index (χ1n) is 8.00. The molecule has 0 aliphatic rings. The highest BCUT2D eigenvalue weighted by Gasteiger charge is 2.13. The molecule has 0 saturated heterocycles. The SMILES string of the molecule is CCCCCCC(C)NC(=O)Nc1cc(OC)c(OC)cc1Br. The molecule has 1 unspecified atom stereocenters. The second kappa shape index (κ2) is 10.4.